The Labute approximate surface area is 92.6 Å². The molecule has 15 heavy (non-hydrogen) atoms. The summed E-state index contributed by atoms with van der Waals surface area (Å²) >= 11 is 0. The minimum Gasteiger partial charge on any atom is -0.501 e. The van der Waals surface area contributed by atoms with Crippen LogP contribution in [-0.2, 0) is 9.47 Å². The van der Waals surface area contributed by atoms with Crippen LogP contribution < -0.4 is 5.73 Å². The molecule has 0 fully saturated rings. The van der Waals surface area contributed by atoms with E-state index in [4.69, 9.17) is 15.2 Å². The number of rotatable bonds is 5. The molecule has 3 heteroatoms. The monoisotopic (exact) mass is 213 g/mol. The van der Waals surface area contributed by atoms with E-state index in [0.29, 0.717) is 6.61 Å². The SMILES string of the molecule is CCOC(C)(CC)C(N)C1=COCCC1. The average molecular weight is 213 g/mol. The summed E-state index contributed by atoms with van der Waals surface area (Å²) in [5, 5.41) is 0. The molecule has 0 saturated heterocycles. The van der Waals surface area contributed by atoms with Gasteiger partial charge in [-0.15, -0.1) is 0 Å². The summed E-state index contributed by atoms with van der Waals surface area (Å²) in [6, 6.07) is -0.0530. The van der Waals surface area contributed by atoms with E-state index in [2.05, 4.69) is 13.8 Å². The average Bonchev–Trinajstić information content (AvgIpc) is 2.29. The molecular weight excluding hydrogens is 190 g/mol. The van der Waals surface area contributed by atoms with Crippen LogP contribution in [-0.4, -0.2) is 24.9 Å². The molecule has 0 spiro atoms. The maximum Gasteiger partial charge on any atom is 0.0876 e. The maximum atomic E-state index is 6.25. The molecule has 3 nitrogen and oxygen atoms in total. The molecule has 0 bridgehead atoms. The van der Waals surface area contributed by atoms with Crippen molar-refractivity contribution in [2.24, 2.45) is 5.73 Å². The van der Waals surface area contributed by atoms with Crippen LogP contribution in [0.1, 0.15) is 40.0 Å². The molecule has 0 aliphatic carbocycles. The van der Waals surface area contributed by atoms with Gasteiger partial charge in [-0.05, 0) is 38.7 Å². The van der Waals surface area contributed by atoms with Gasteiger partial charge < -0.3 is 15.2 Å². The third kappa shape index (κ3) is 2.95. The second kappa shape index (κ2) is 5.52. The Morgan fingerprint density at radius 3 is 2.80 bits per heavy atom. The minimum absolute atomic E-state index is 0.0530. The summed E-state index contributed by atoms with van der Waals surface area (Å²) in [6.07, 6.45) is 4.83. The first-order chi connectivity index (χ1) is 7.14. The van der Waals surface area contributed by atoms with Gasteiger partial charge in [0.2, 0.25) is 0 Å². The lowest BCUT2D eigenvalue weighted by atomic mass is 9.86. The molecule has 2 unspecified atom stereocenters. The zero-order valence-electron chi connectivity index (χ0n) is 10.1. The lowest BCUT2D eigenvalue weighted by molar-refractivity contribution is -0.0403. The fourth-order valence-corrected chi connectivity index (χ4v) is 1.95. The van der Waals surface area contributed by atoms with Crippen LogP contribution in [0.4, 0.5) is 0 Å². The largest absolute Gasteiger partial charge is 0.501 e. The van der Waals surface area contributed by atoms with Crippen LogP contribution in [0.5, 0.6) is 0 Å². The summed E-state index contributed by atoms with van der Waals surface area (Å²) in [6.45, 7) is 7.71. The highest BCUT2D eigenvalue weighted by Gasteiger charge is 2.33. The summed E-state index contributed by atoms with van der Waals surface area (Å²) in [4.78, 5) is 0. The quantitative estimate of drug-likeness (QED) is 0.761. The van der Waals surface area contributed by atoms with E-state index in [-0.39, 0.29) is 11.6 Å². The molecule has 1 heterocycles. The second-order valence-electron chi connectivity index (χ2n) is 4.24. The van der Waals surface area contributed by atoms with Gasteiger partial charge in [-0.25, -0.2) is 0 Å². The molecule has 2 atom stereocenters. The zero-order chi connectivity index (χ0) is 11.3. The Kier molecular flexibility index (Phi) is 4.61. The van der Waals surface area contributed by atoms with E-state index >= 15 is 0 Å². The van der Waals surface area contributed by atoms with E-state index in [1.54, 1.807) is 0 Å². The van der Waals surface area contributed by atoms with Crippen molar-refractivity contribution in [1.82, 2.24) is 0 Å². The van der Waals surface area contributed by atoms with Gasteiger partial charge in [0.1, 0.15) is 0 Å². The third-order valence-electron chi connectivity index (χ3n) is 3.20. The Morgan fingerprint density at radius 1 is 1.60 bits per heavy atom. The van der Waals surface area contributed by atoms with E-state index in [1.807, 2.05) is 13.2 Å². The standard InChI is InChI=1S/C12H23NO2/c1-4-12(3,15-5-2)11(13)10-7-6-8-14-9-10/h9,11H,4-8,13H2,1-3H3. The fourth-order valence-electron chi connectivity index (χ4n) is 1.95. The first kappa shape index (κ1) is 12.5. The molecule has 1 rings (SSSR count). The van der Waals surface area contributed by atoms with Crippen LogP contribution in [0, 0.1) is 0 Å². The van der Waals surface area contributed by atoms with Gasteiger partial charge in [0.25, 0.3) is 0 Å². The molecule has 1 aliphatic heterocycles. The number of hydrogen-bond acceptors (Lipinski definition) is 3. The lowest BCUT2D eigenvalue weighted by Crippen LogP contribution is -2.49. The number of nitrogens with two attached hydrogens (primary N) is 1. The van der Waals surface area contributed by atoms with Crippen LogP contribution in [0.2, 0.25) is 0 Å². The van der Waals surface area contributed by atoms with Crippen molar-refractivity contribution >= 4 is 0 Å². The number of ether oxygens (including phenoxy) is 2. The van der Waals surface area contributed by atoms with Crippen LogP contribution in [0.15, 0.2) is 11.8 Å². The summed E-state index contributed by atoms with van der Waals surface area (Å²) < 4.78 is 11.1. The molecule has 1 aliphatic rings. The zero-order valence-corrected chi connectivity index (χ0v) is 10.1. The Balaban J connectivity index is 2.70. The highest BCUT2D eigenvalue weighted by Crippen LogP contribution is 2.27. The molecule has 0 amide bonds. The summed E-state index contributed by atoms with van der Waals surface area (Å²) in [7, 11) is 0. The van der Waals surface area contributed by atoms with Gasteiger partial charge in [0, 0.05) is 6.61 Å². The van der Waals surface area contributed by atoms with Crippen molar-refractivity contribution in [3.8, 4) is 0 Å². The second-order valence-corrected chi connectivity index (χ2v) is 4.24. The van der Waals surface area contributed by atoms with Crippen molar-refractivity contribution in [1.29, 1.82) is 0 Å². The summed E-state index contributed by atoms with van der Waals surface area (Å²) in [5.74, 6) is 0. The predicted molar refractivity (Wildman–Crippen MR) is 61.6 cm³/mol. The van der Waals surface area contributed by atoms with Crippen LogP contribution >= 0.6 is 0 Å². The van der Waals surface area contributed by atoms with E-state index in [9.17, 15) is 0 Å². The number of hydrogen-bond donors (Lipinski definition) is 1. The van der Waals surface area contributed by atoms with E-state index in [1.165, 1.54) is 5.57 Å². The van der Waals surface area contributed by atoms with E-state index < -0.39 is 0 Å². The van der Waals surface area contributed by atoms with Crippen LogP contribution in [0.25, 0.3) is 0 Å². The van der Waals surface area contributed by atoms with Crippen molar-refractivity contribution in [2.45, 2.75) is 51.7 Å². The molecular formula is C12H23NO2. The maximum absolute atomic E-state index is 6.25. The highest BCUT2D eigenvalue weighted by atomic mass is 16.5. The molecule has 0 saturated carbocycles. The molecule has 88 valence electrons. The third-order valence-corrected chi connectivity index (χ3v) is 3.20. The van der Waals surface area contributed by atoms with Gasteiger partial charge in [-0.1, -0.05) is 6.92 Å². The lowest BCUT2D eigenvalue weighted by Gasteiger charge is -2.36. The van der Waals surface area contributed by atoms with Gasteiger partial charge in [-0.3, -0.25) is 0 Å². The van der Waals surface area contributed by atoms with Gasteiger partial charge >= 0.3 is 0 Å². The Hall–Kier alpha value is -0.540. The highest BCUT2D eigenvalue weighted by molar-refractivity contribution is 5.15. The van der Waals surface area contributed by atoms with Crippen molar-refractivity contribution < 1.29 is 9.47 Å². The molecule has 2 N–H and O–H groups in total. The first-order valence-electron chi connectivity index (χ1n) is 5.84. The molecule has 0 radical (unpaired) electrons. The minimum atomic E-state index is -0.263. The smallest absolute Gasteiger partial charge is 0.0876 e. The van der Waals surface area contributed by atoms with Gasteiger partial charge in [0.15, 0.2) is 0 Å². The fraction of sp³-hybridized carbons (Fsp3) is 0.833. The molecule has 0 aromatic heterocycles. The first-order valence-corrected chi connectivity index (χ1v) is 5.84. The Bertz CT molecular complexity index is 228. The van der Waals surface area contributed by atoms with Crippen molar-refractivity contribution in [3.63, 3.8) is 0 Å². The van der Waals surface area contributed by atoms with Crippen molar-refractivity contribution in [3.05, 3.63) is 11.8 Å². The predicted octanol–water partition coefficient (Wildman–Crippen LogP) is 2.21. The van der Waals surface area contributed by atoms with Gasteiger partial charge in [-0.2, -0.15) is 0 Å². The van der Waals surface area contributed by atoms with E-state index in [0.717, 1.165) is 25.9 Å². The van der Waals surface area contributed by atoms with Crippen LogP contribution in [0.3, 0.4) is 0 Å². The summed E-state index contributed by atoms with van der Waals surface area (Å²) in [5.41, 5.74) is 7.17. The topological polar surface area (TPSA) is 44.5 Å². The van der Waals surface area contributed by atoms with Gasteiger partial charge in [0.05, 0.1) is 24.5 Å². The molecule has 0 aromatic rings. The van der Waals surface area contributed by atoms with Crippen molar-refractivity contribution in [2.75, 3.05) is 13.2 Å². The molecule has 0 aromatic carbocycles. The Morgan fingerprint density at radius 2 is 2.33 bits per heavy atom. The normalized spacial score (nSPS) is 22.5.